The fraction of sp³-hybridized carbons (Fsp3) is 0.500. The second-order valence-electron chi connectivity index (χ2n) is 7.60. The fourth-order valence-electron chi connectivity index (χ4n) is 4.14. The monoisotopic (exact) mass is 382 g/mol. The number of pyridine rings is 1. The first kappa shape index (κ1) is 18.5. The number of likely N-dealkylation sites (tertiary alicyclic amines) is 1. The van der Waals surface area contributed by atoms with Gasteiger partial charge in [0.1, 0.15) is 0 Å². The number of carbonyl (C=O) groups is 2. The van der Waals surface area contributed by atoms with E-state index in [9.17, 15) is 9.59 Å². The van der Waals surface area contributed by atoms with Crippen LogP contribution < -0.4 is 10.2 Å². The molecule has 8 nitrogen and oxygen atoms in total. The zero-order chi connectivity index (χ0) is 19.5. The minimum Gasteiger partial charge on any atom is -0.371 e. The molecule has 2 aliphatic heterocycles. The van der Waals surface area contributed by atoms with Gasteiger partial charge < -0.3 is 19.7 Å². The van der Waals surface area contributed by atoms with Crippen LogP contribution in [0.2, 0.25) is 0 Å². The topological polar surface area (TPSA) is 83.4 Å². The van der Waals surface area contributed by atoms with Crippen LogP contribution in [-0.4, -0.2) is 63.5 Å². The van der Waals surface area contributed by atoms with Crippen LogP contribution in [0.4, 0.5) is 5.69 Å². The number of nitrogens with one attached hydrogen (secondary N) is 1. The Bertz CT molecular complexity index is 836. The van der Waals surface area contributed by atoms with Crippen LogP contribution in [0.1, 0.15) is 29.9 Å². The maximum Gasteiger partial charge on any atom is 0.287 e. The summed E-state index contributed by atoms with van der Waals surface area (Å²) in [5.41, 5.74) is 1.11. The molecular weight excluding hydrogens is 356 g/mol. The van der Waals surface area contributed by atoms with Gasteiger partial charge in [0.15, 0.2) is 5.82 Å². The summed E-state index contributed by atoms with van der Waals surface area (Å²) in [6.45, 7) is 2.96. The maximum atomic E-state index is 13.0. The first-order valence-corrected chi connectivity index (χ1v) is 9.84. The van der Waals surface area contributed by atoms with Gasteiger partial charge in [-0.25, -0.2) is 4.98 Å². The number of rotatable bonds is 4. The van der Waals surface area contributed by atoms with E-state index in [-0.39, 0.29) is 23.8 Å². The molecule has 2 aliphatic rings. The van der Waals surface area contributed by atoms with Crippen molar-refractivity contribution in [3.8, 4) is 0 Å². The lowest BCUT2D eigenvalue weighted by Crippen LogP contribution is -2.51. The summed E-state index contributed by atoms with van der Waals surface area (Å²) in [6, 6.07) is 3.94. The molecule has 2 aromatic heterocycles. The molecule has 0 aromatic carbocycles. The molecule has 4 rings (SSSR count). The lowest BCUT2D eigenvalue weighted by Gasteiger charge is -2.34. The Balaban J connectivity index is 1.33. The van der Waals surface area contributed by atoms with E-state index in [2.05, 4.69) is 20.2 Å². The minimum absolute atomic E-state index is 0.0113. The molecule has 0 aliphatic carbocycles. The third kappa shape index (κ3) is 3.85. The molecule has 2 unspecified atom stereocenters. The van der Waals surface area contributed by atoms with E-state index in [1.807, 2.05) is 17.0 Å². The summed E-state index contributed by atoms with van der Waals surface area (Å²) in [6.07, 6.45) is 9.57. The van der Waals surface area contributed by atoms with Crippen molar-refractivity contribution in [3.05, 3.63) is 42.7 Å². The summed E-state index contributed by atoms with van der Waals surface area (Å²) in [4.78, 5) is 37.8. The number of aromatic nitrogens is 3. The number of carbonyl (C=O) groups excluding carboxylic acids is 2. The Kier molecular flexibility index (Phi) is 5.27. The van der Waals surface area contributed by atoms with E-state index in [1.54, 1.807) is 36.4 Å². The Morgan fingerprint density at radius 3 is 2.68 bits per heavy atom. The normalized spacial score (nSPS) is 22.3. The first-order chi connectivity index (χ1) is 13.6. The zero-order valence-corrected chi connectivity index (χ0v) is 16.1. The van der Waals surface area contributed by atoms with Crippen molar-refractivity contribution in [2.45, 2.75) is 25.3 Å². The van der Waals surface area contributed by atoms with E-state index in [4.69, 9.17) is 0 Å². The van der Waals surface area contributed by atoms with E-state index >= 15 is 0 Å². The predicted octanol–water partition coefficient (Wildman–Crippen LogP) is 1.06. The van der Waals surface area contributed by atoms with Gasteiger partial charge in [-0.1, -0.05) is 0 Å². The van der Waals surface area contributed by atoms with Crippen molar-refractivity contribution in [1.29, 1.82) is 0 Å². The number of piperidine rings is 1. The number of hydrogen-bond donors (Lipinski definition) is 1. The van der Waals surface area contributed by atoms with Crippen LogP contribution in [0.5, 0.6) is 0 Å². The largest absolute Gasteiger partial charge is 0.371 e. The first-order valence-electron chi connectivity index (χ1n) is 9.84. The number of anilines is 1. The van der Waals surface area contributed by atoms with Crippen molar-refractivity contribution in [2.24, 2.45) is 13.0 Å². The molecule has 2 fully saturated rings. The van der Waals surface area contributed by atoms with Gasteiger partial charge >= 0.3 is 0 Å². The van der Waals surface area contributed by atoms with Crippen molar-refractivity contribution in [3.63, 3.8) is 0 Å². The molecule has 0 saturated carbocycles. The third-order valence-electron chi connectivity index (χ3n) is 5.66. The quantitative estimate of drug-likeness (QED) is 0.855. The number of aryl methyl sites for hydroxylation is 1. The molecule has 0 radical (unpaired) electrons. The highest BCUT2D eigenvalue weighted by molar-refractivity contribution is 5.91. The summed E-state index contributed by atoms with van der Waals surface area (Å²) in [7, 11) is 1.80. The van der Waals surface area contributed by atoms with Gasteiger partial charge in [0.2, 0.25) is 5.91 Å². The summed E-state index contributed by atoms with van der Waals surface area (Å²) in [5.74, 6) is 0.424. The van der Waals surface area contributed by atoms with Gasteiger partial charge in [0, 0.05) is 69.7 Å². The second kappa shape index (κ2) is 8.00. The van der Waals surface area contributed by atoms with Crippen LogP contribution in [0, 0.1) is 5.92 Å². The Morgan fingerprint density at radius 1 is 1.11 bits per heavy atom. The number of imidazole rings is 1. The molecule has 1 N–H and O–H groups in total. The molecule has 0 bridgehead atoms. The van der Waals surface area contributed by atoms with E-state index in [0.29, 0.717) is 12.4 Å². The van der Waals surface area contributed by atoms with Gasteiger partial charge in [-0.15, -0.1) is 0 Å². The third-order valence-corrected chi connectivity index (χ3v) is 5.66. The Labute approximate surface area is 164 Å². The SMILES string of the molecule is Cn1ccnc1C(=O)NC1CCCN(C(=O)C2CCN(c3ccncc3)C2)C1. The highest BCUT2D eigenvalue weighted by Gasteiger charge is 2.34. The number of amides is 2. The fourth-order valence-corrected chi connectivity index (χ4v) is 4.14. The minimum atomic E-state index is -0.184. The molecule has 2 saturated heterocycles. The number of nitrogens with zero attached hydrogens (tertiary/aromatic N) is 5. The van der Waals surface area contributed by atoms with E-state index in [0.717, 1.165) is 44.6 Å². The van der Waals surface area contributed by atoms with Gasteiger partial charge in [0.05, 0.1) is 5.92 Å². The van der Waals surface area contributed by atoms with Gasteiger partial charge in [0.25, 0.3) is 5.91 Å². The molecule has 4 heterocycles. The van der Waals surface area contributed by atoms with Crippen molar-refractivity contribution < 1.29 is 9.59 Å². The molecule has 148 valence electrons. The van der Waals surface area contributed by atoms with Gasteiger partial charge in [-0.3, -0.25) is 14.6 Å². The van der Waals surface area contributed by atoms with Crippen LogP contribution in [0.3, 0.4) is 0 Å². The summed E-state index contributed by atoms with van der Waals surface area (Å²) >= 11 is 0. The molecule has 8 heteroatoms. The lowest BCUT2D eigenvalue weighted by molar-refractivity contribution is -0.136. The van der Waals surface area contributed by atoms with Crippen molar-refractivity contribution in [2.75, 3.05) is 31.1 Å². The van der Waals surface area contributed by atoms with Crippen LogP contribution in [-0.2, 0) is 11.8 Å². The molecule has 2 amide bonds. The highest BCUT2D eigenvalue weighted by atomic mass is 16.2. The highest BCUT2D eigenvalue weighted by Crippen LogP contribution is 2.25. The molecule has 2 atom stereocenters. The maximum absolute atomic E-state index is 13.0. The second-order valence-corrected chi connectivity index (χ2v) is 7.60. The summed E-state index contributed by atoms with van der Waals surface area (Å²) in [5, 5.41) is 3.04. The van der Waals surface area contributed by atoms with Crippen molar-refractivity contribution >= 4 is 17.5 Å². The molecular formula is C20H26N6O2. The smallest absolute Gasteiger partial charge is 0.287 e. The summed E-state index contributed by atoms with van der Waals surface area (Å²) < 4.78 is 1.70. The molecule has 0 spiro atoms. The molecule has 2 aromatic rings. The molecule has 28 heavy (non-hydrogen) atoms. The Morgan fingerprint density at radius 2 is 1.93 bits per heavy atom. The van der Waals surface area contributed by atoms with Crippen LogP contribution in [0.15, 0.2) is 36.9 Å². The predicted molar refractivity (Wildman–Crippen MR) is 105 cm³/mol. The van der Waals surface area contributed by atoms with Crippen molar-refractivity contribution in [1.82, 2.24) is 24.8 Å². The van der Waals surface area contributed by atoms with E-state index in [1.165, 1.54) is 0 Å². The zero-order valence-electron chi connectivity index (χ0n) is 16.1. The standard InChI is InChI=1S/C20H26N6O2/c1-24-12-9-22-18(24)19(27)23-16-3-2-10-26(14-16)20(28)15-6-11-25(13-15)17-4-7-21-8-5-17/h4-5,7-9,12,15-16H,2-3,6,10-11,13-14H2,1H3,(H,23,27). The van der Waals surface area contributed by atoms with E-state index < -0.39 is 0 Å². The van der Waals surface area contributed by atoms with Gasteiger partial charge in [-0.05, 0) is 31.4 Å². The van der Waals surface area contributed by atoms with Gasteiger partial charge in [-0.2, -0.15) is 0 Å². The number of hydrogen-bond acceptors (Lipinski definition) is 5. The lowest BCUT2D eigenvalue weighted by atomic mass is 10.0. The van der Waals surface area contributed by atoms with Crippen LogP contribution in [0.25, 0.3) is 0 Å². The average Bonchev–Trinajstić information content (AvgIpc) is 3.37. The van der Waals surface area contributed by atoms with Crippen LogP contribution >= 0.6 is 0 Å². The average molecular weight is 382 g/mol. The Hall–Kier alpha value is -2.90.